The number of ether oxygens (including phenoxy) is 13. The average Bonchev–Trinajstić information content (AvgIpc) is 3.21. The quantitative estimate of drug-likeness (QED) is 0.0582. The number of unbranched alkanes of at least 4 members (excludes halogenated alkanes) is 15. The number of hydrogen-bond acceptors (Lipinski definition) is 13. The largest absolute Gasteiger partial charge is 0.382 e. The lowest BCUT2D eigenvalue weighted by Crippen LogP contribution is -2.15. The predicted octanol–water partition coefficient (Wildman–Crippen LogP) is 7.09. The molecule has 0 aromatic heterocycles. The van der Waals surface area contributed by atoms with Crippen LogP contribution in [0.5, 0.6) is 0 Å². The van der Waals surface area contributed by atoms with Crippen LogP contribution in [0.1, 0.15) is 110 Å². The van der Waals surface area contributed by atoms with Gasteiger partial charge in [-0.25, -0.2) is 0 Å². The van der Waals surface area contributed by atoms with E-state index in [9.17, 15) is 0 Å². The van der Waals surface area contributed by atoms with Gasteiger partial charge in [-0.15, -0.1) is 0 Å². The van der Waals surface area contributed by atoms with Gasteiger partial charge >= 0.3 is 0 Å². The van der Waals surface area contributed by atoms with E-state index in [1.165, 1.54) is 96.3 Å². The van der Waals surface area contributed by atoms with Crippen LogP contribution in [0.2, 0.25) is 0 Å². The van der Waals surface area contributed by atoms with E-state index in [1.807, 2.05) is 0 Å². The molecule has 0 spiro atoms. The van der Waals surface area contributed by atoms with Crippen molar-refractivity contribution in [2.24, 2.45) is 0 Å². The van der Waals surface area contributed by atoms with Gasteiger partial charge in [0.15, 0.2) is 0 Å². The van der Waals surface area contributed by atoms with E-state index in [0.29, 0.717) is 159 Å². The molecule has 0 radical (unpaired) electrons. The molecule has 0 heterocycles. The Labute approximate surface area is 343 Å². The van der Waals surface area contributed by atoms with Crippen LogP contribution in [0.15, 0.2) is 0 Å². The fourth-order valence-electron chi connectivity index (χ4n) is 5.42. The molecule has 0 aromatic carbocycles. The van der Waals surface area contributed by atoms with Crippen LogP contribution in [0, 0.1) is 0 Å². The summed E-state index contributed by atoms with van der Waals surface area (Å²) < 4.78 is 70.9. The minimum atomic E-state index is 0.517. The fraction of sp³-hybridized carbons (Fsp3) is 1.00. The highest BCUT2D eigenvalue weighted by molar-refractivity contribution is 4.50. The zero-order chi connectivity index (χ0) is 40.2. The maximum absolute atomic E-state index is 5.70. The zero-order valence-electron chi connectivity index (χ0n) is 36.3. The molecule has 0 saturated heterocycles. The van der Waals surface area contributed by atoms with Gasteiger partial charge in [0, 0.05) is 13.7 Å². The molecule has 0 aliphatic heterocycles. The number of hydrogen-bond donors (Lipinski definition) is 0. The first-order chi connectivity index (χ1) is 27.9. The van der Waals surface area contributed by atoms with Crippen LogP contribution in [0.25, 0.3) is 0 Å². The first-order valence-corrected chi connectivity index (χ1v) is 22.3. The molecule has 0 bridgehead atoms. The van der Waals surface area contributed by atoms with E-state index in [4.69, 9.17) is 61.6 Å². The van der Waals surface area contributed by atoms with Crippen LogP contribution in [-0.2, 0) is 61.6 Å². The molecule has 0 aromatic rings. The molecule has 56 heavy (non-hydrogen) atoms. The van der Waals surface area contributed by atoms with Crippen LogP contribution in [0.4, 0.5) is 0 Å². The molecule has 0 atom stereocenters. The summed E-state index contributed by atoms with van der Waals surface area (Å²) in [5.74, 6) is 0. The Kier molecular flexibility index (Phi) is 54.0. The van der Waals surface area contributed by atoms with Crippen molar-refractivity contribution in [2.45, 2.75) is 110 Å². The SMILES string of the molecule is CCCCCCCCCCCCCCCCCCOCCOCCOCCOCCOCCOCCOCCOCCOCCOCCOCCOCCOC. The summed E-state index contributed by atoms with van der Waals surface area (Å²) in [5.41, 5.74) is 0. The van der Waals surface area contributed by atoms with E-state index < -0.39 is 0 Å². The second kappa shape index (κ2) is 54.5. The molecule has 0 aliphatic rings. The first kappa shape index (κ1) is 55.5. The predicted molar refractivity (Wildman–Crippen MR) is 221 cm³/mol. The van der Waals surface area contributed by atoms with Crippen molar-refractivity contribution in [3.63, 3.8) is 0 Å². The zero-order valence-corrected chi connectivity index (χ0v) is 36.3. The topological polar surface area (TPSA) is 120 Å². The van der Waals surface area contributed by atoms with Crippen molar-refractivity contribution in [2.75, 3.05) is 172 Å². The molecule has 0 aliphatic carbocycles. The Hall–Kier alpha value is -0.520. The highest BCUT2D eigenvalue weighted by atomic mass is 16.6. The van der Waals surface area contributed by atoms with Crippen molar-refractivity contribution in [3.8, 4) is 0 Å². The molecule has 0 amide bonds. The minimum absolute atomic E-state index is 0.517. The van der Waals surface area contributed by atoms with Crippen LogP contribution >= 0.6 is 0 Å². The first-order valence-electron chi connectivity index (χ1n) is 22.3. The third kappa shape index (κ3) is 53.5. The Morgan fingerprint density at radius 1 is 0.179 bits per heavy atom. The molecule has 0 fully saturated rings. The Morgan fingerprint density at radius 2 is 0.339 bits per heavy atom. The lowest BCUT2D eigenvalue weighted by Gasteiger charge is -2.09. The third-order valence-electron chi connectivity index (χ3n) is 8.67. The van der Waals surface area contributed by atoms with Crippen LogP contribution in [0.3, 0.4) is 0 Å². The Balaban J connectivity index is 3.05. The molecular weight excluding hydrogens is 724 g/mol. The highest BCUT2D eigenvalue weighted by Gasteiger charge is 1.98. The summed E-state index contributed by atoms with van der Waals surface area (Å²) in [7, 11) is 1.65. The van der Waals surface area contributed by atoms with Crippen molar-refractivity contribution < 1.29 is 61.6 Å². The normalized spacial score (nSPS) is 11.7. The summed E-state index contributed by atoms with van der Waals surface area (Å²) in [6, 6.07) is 0. The van der Waals surface area contributed by atoms with Crippen molar-refractivity contribution in [1.82, 2.24) is 0 Å². The van der Waals surface area contributed by atoms with Crippen molar-refractivity contribution >= 4 is 0 Å². The van der Waals surface area contributed by atoms with E-state index in [-0.39, 0.29) is 0 Å². The van der Waals surface area contributed by atoms with Gasteiger partial charge in [0.25, 0.3) is 0 Å². The number of rotatable bonds is 53. The second-order valence-electron chi connectivity index (χ2n) is 13.6. The van der Waals surface area contributed by atoms with E-state index >= 15 is 0 Å². The van der Waals surface area contributed by atoms with Gasteiger partial charge in [-0.1, -0.05) is 103 Å². The molecule has 0 saturated carbocycles. The summed E-state index contributed by atoms with van der Waals surface area (Å²) in [4.78, 5) is 0. The highest BCUT2D eigenvalue weighted by Crippen LogP contribution is 2.13. The Morgan fingerprint density at radius 3 is 0.536 bits per heavy atom. The van der Waals surface area contributed by atoms with E-state index in [0.717, 1.165) is 13.0 Å². The van der Waals surface area contributed by atoms with Crippen molar-refractivity contribution in [3.05, 3.63) is 0 Å². The third-order valence-corrected chi connectivity index (χ3v) is 8.67. The lowest BCUT2D eigenvalue weighted by atomic mass is 10.0. The standard InChI is InChI=1S/C43H88O13/c1-3-4-5-6-7-8-9-10-11-12-13-14-15-16-17-18-19-45-22-23-47-26-27-49-30-31-51-34-35-53-38-39-55-42-43-56-41-40-54-37-36-52-33-32-50-29-28-48-25-24-46-21-20-44-2/h3-43H2,1-2H3. The average molecular weight is 813 g/mol. The van der Waals surface area contributed by atoms with Gasteiger partial charge in [-0.3, -0.25) is 0 Å². The van der Waals surface area contributed by atoms with Gasteiger partial charge in [0.1, 0.15) is 0 Å². The maximum Gasteiger partial charge on any atom is 0.0701 e. The summed E-state index contributed by atoms with van der Waals surface area (Å²) in [6.45, 7) is 16.2. The number of methoxy groups -OCH3 is 1. The smallest absolute Gasteiger partial charge is 0.0701 e. The van der Waals surface area contributed by atoms with E-state index in [1.54, 1.807) is 7.11 Å². The summed E-state index contributed by atoms with van der Waals surface area (Å²) in [5, 5.41) is 0. The van der Waals surface area contributed by atoms with Crippen molar-refractivity contribution in [1.29, 1.82) is 0 Å². The lowest BCUT2D eigenvalue weighted by molar-refractivity contribution is -0.0287. The molecule has 0 rings (SSSR count). The fourth-order valence-corrected chi connectivity index (χ4v) is 5.42. The molecule has 13 nitrogen and oxygen atoms in total. The minimum Gasteiger partial charge on any atom is -0.382 e. The van der Waals surface area contributed by atoms with Gasteiger partial charge in [0.05, 0.1) is 159 Å². The molecule has 0 N–H and O–H groups in total. The van der Waals surface area contributed by atoms with Gasteiger partial charge < -0.3 is 61.6 Å². The van der Waals surface area contributed by atoms with Crippen LogP contribution < -0.4 is 0 Å². The summed E-state index contributed by atoms with van der Waals surface area (Å²) >= 11 is 0. The maximum atomic E-state index is 5.70. The molecule has 338 valence electrons. The van der Waals surface area contributed by atoms with Gasteiger partial charge in [-0.2, -0.15) is 0 Å². The molecule has 13 heteroatoms. The van der Waals surface area contributed by atoms with E-state index in [2.05, 4.69) is 6.92 Å². The summed E-state index contributed by atoms with van der Waals surface area (Å²) in [6.07, 6.45) is 22.2. The monoisotopic (exact) mass is 813 g/mol. The second-order valence-corrected chi connectivity index (χ2v) is 13.6. The molecule has 0 unspecified atom stereocenters. The van der Waals surface area contributed by atoms with Gasteiger partial charge in [0.2, 0.25) is 0 Å². The van der Waals surface area contributed by atoms with Gasteiger partial charge in [-0.05, 0) is 6.42 Å². The Bertz CT molecular complexity index is 611. The molecular formula is C43H88O13. The van der Waals surface area contributed by atoms with Crippen LogP contribution in [-0.4, -0.2) is 172 Å².